The topological polar surface area (TPSA) is 47.6 Å². The van der Waals surface area contributed by atoms with Crippen LogP contribution in [-0.2, 0) is 6.54 Å². The molecule has 0 atom stereocenters. The molecule has 0 saturated carbocycles. The highest BCUT2D eigenvalue weighted by atomic mass is 35.5. The Bertz CT molecular complexity index is 940. The third-order valence-electron chi connectivity index (χ3n) is 4.05. The van der Waals surface area contributed by atoms with Crippen molar-refractivity contribution in [2.75, 3.05) is 13.7 Å². The summed E-state index contributed by atoms with van der Waals surface area (Å²) in [6.07, 6.45) is 0. The zero-order valence-corrected chi connectivity index (χ0v) is 15.5. The van der Waals surface area contributed by atoms with Crippen LogP contribution in [0.2, 0.25) is 5.02 Å². The van der Waals surface area contributed by atoms with Crippen molar-refractivity contribution in [3.05, 3.63) is 70.7 Å². The van der Waals surface area contributed by atoms with Crippen LogP contribution in [0.1, 0.15) is 22.8 Å². The lowest BCUT2D eigenvalue weighted by molar-refractivity contribution is 0.0950. The van der Waals surface area contributed by atoms with E-state index < -0.39 is 0 Å². The molecule has 0 aliphatic heterocycles. The Hall–Kier alpha value is -2.72. The summed E-state index contributed by atoms with van der Waals surface area (Å²) in [7, 11) is 1.52. The molecule has 0 heterocycles. The minimum Gasteiger partial charge on any atom is -0.493 e. The largest absolute Gasteiger partial charge is 0.493 e. The van der Waals surface area contributed by atoms with Crippen molar-refractivity contribution >= 4 is 28.3 Å². The average Bonchev–Trinajstić information content (AvgIpc) is 2.67. The minimum atomic E-state index is -0.221. The number of hydrogen-bond acceptors (Lipinski definition) is 3. The highest BCUT2D eigenvalue weighted by Gasteiger charge is 2.15. The lowest BCUT2D eigenvalue weighted by atomic mass is 10.1. The van der Waals surface area contributed by atoms with Crippen molar-refractivity contribution in [2.45, 2.75) is 13.5 Å². The Kier molecular flexibility index (Phi) is 5.64. The maximum atomic E-state index is 12.5. The van der Waals surface area contributed by atoms with Crippen LogP contribution in [0.5, 0.6) is 11.5 Å². The lowest BCUT2D eigenvalue weighted by Crippen LogP contribution is -2.22. The van der Waals surface area contributed by atoms with Crippen molar-refractivity contribution in [1.82, 2.24) is 5.32 Å². The van der Waals surface area contributed by atoms with Gasteiger partial charge in [0.25, 0.3) is 5.91 Å². The van der Waals surface area contributed by atoms with Crippen molar-refractivity contribution in [3.63, 3.8) is 0 Å². The second kappa shape index (κ2) is 8.11. The standard InChI is InChI=1S/C21H20ClNO3/c1-3-26-20-18(22)11-17(12-19(20)25-2)21(24)23-13-14-8-9-15-6-4-5-7-16(15)10-14/h4-12H,3,13H2,1-2H3,(H,23,24). The van der Waals surface area contributed by atoms with Crippen molar-refractivity contribution in [2.24, 2.45) is 0 Å². The summed E-state index contributed by atoms with van der Waals surface area (Å²) < 4.78 is 10.8. The fraction of sp³-hybridized carbons (Fsp3) is 0.190. The zero-order valence-electron chi connectivity index (χ0n) is 14.7. The zero-order chi connectivity index (χ0) is 18.5. The molecule has 0 aliphatic rings. The number of ether oxygens (including phenoxy) is 2. The van der Waals surface area contributed by atoms with Gasteiger partial charge in [-0.3, -0.25) is 4.79 Å². The molecule has 5 heteroatoms. The van der Waals surface area contributed by atoms with Gasteiger partial charge < -0.3 is 14.8 Å². The number of hydrogen-bond donors (Lipinski definition) is 1. The molecule has 0 unspecified atom stereocenters. The molecular weight excluding hydrogens is 350 g/mol. The SMILES string of the molecule is CCOc1c(Cl)cc(C(=O)NCc2ccc3ccccc3c2)cc1OC. The van der Waals surface area contributed by atoms with Gasteiger partial charge in [0, 0.05) is 12.1 Å². The normalized spacial score (nSPS) is 10.6. The van der Waals surface area contributed by atoms with Crippen molar-refractivity contribution < 1.29 is 14.3 Å². The molecule has 0 saturated heterocycles. The number of fused-ring (bicyclic) bond motifs is 1. The molecule has 4 nitrogen and oxygen atoms in total. The molecule has 134 valence electrons. The van der Waals surface area contributed by atoms with Crippen LogP contribution in [-0.4, -0.2) is 19.6 Å². The number of carbonyl (C=O) groups is 1. The highest BCUT2D eigenvalue weighted by molar-refractivity contribution is 6.32. The number of amides is 1. The first kappa shape index (κ1) is 18.1. The van der Waals surface area contributed by atoms with Gasteiger partial charge in [-0.25, -0.2) is 0 Å². The first-order valence-corrected chi connectivity index (χ1v) is 8.76. The van der Waals surface area contributed by atoms with Gasteiger partial charge in [0.15, 0.2) is 11.5 Å². The van der Waals surface area contributed by atoms with Crippen LogP contribution >= 0.6 is 11.6 Å². The van der Waals surface area contributed by atoms with E-state index in [0.29, 0.717) is 35.2 Å². The third kappa shape index (κ3) is 3.92. The quantitative estimate of drug-likeness (QED) is 0.677. The molecule has 0 bridgehead atoms. The maximum absolute atomic E-state index is 12.5. The van der Waals surface area contributed by atoms with Crippen molar-refractivity contribution in [3.8, 4) is 11.5 Å². The number of nitrogens with one attached hydrogen (secondary N) is 1. The molecule has 1 amide bonds. The van der Waals surface area contributed by atoms with Crippen LogP contribution in [0.4, 0.5) is 0 Å². The van der Waals surface area contributed by atoms with Crippen LogP contribution in [0.3, 0.4) is 0 Å². The number of carbonyl (C=O) groups excluding carboxylic acids is 1. The van der Waals surface area contributed by atoms with Crippen LogP contribution in [0, 0.1) is 0 Å². The average molecular weight is 370 g/mol. The fourth-order valence-electron chi connectivity index (χ4n) is 2.77. The first-order chi connectivity index (χ1) is 12.6. The summed E-state index contributed by atoms with van der Waals surface area (Å²) >= 11 is 6.23. The molecule has 0 aliphatic carbocycles. The number of benzene rings is 3. The van der Waals surface area contributed by atoms with E-state index in [1.807, 2.05) is 31.2 Å². The summed E-state index contributed by atoms with van der Waals surface area (Å²) in [6.45, 7) is 2.75. The smallest absolute Gasteiger partial charge is 0.251 e. The molecule has 1 N–H and O–H groups in total. The molecule has 0 radical (unpaired) electrons. The lowest BCUT2D eigenvalue weighted by Gasteiger charge is -2.13. The fourth-order valence-corrected chi connectivity index (χ4v) is 3.03. The molecule has 3 rings (SSSR count). The Labute approximate surface area is 157 Å². The van der Waals surface area contributed by atoms with Crippen molar-refractivity contribution in [1.29, 1.82) is 0 Å². The van der Waals surface area contributed by atoms with Gasteiger partial charge >= 0.3 is 0 Å². The van der Waals surface area contributed by atoms with Gasteiger partial charge in [-0.2, -0.15) is 0 Å². The van der Waals surface area contributed by atoms with Gasteiger partial charge in [-0.1, -0.05) is 48.0 Å². The molecular formula is C21H20ClNO3. The first-order valence-electron chi connectivity index (χ1n) is 8.38. The van der Waals surface area contributed by atoms with E-state index in [-0.39, 0.29) is 5.91 Å². The third-order valence-corrected chi connectivity index (χ3v) is 4.33. The van der Waals surface area contributed by atoms with E-state index in [2.05, 4.69) is 23.5 Å². The predicted molar refractivity (Wildman–Crippen MR) is 104 cm³/mol. The summed E-state index contributed by atoms with van der Waals surface area (Å²) in [6, 6.07) is 17.5. The van der Waals surface area contributed by atoms with E-state index in [0.717, 1.165) is 10.9 Å². The van der Waals surface area contributed by atoms with Gasteiger partial charge in [0.2, 0.25) is 0 Å². The van der Waals surface area contributed by atoms with Crippen LogP contribution < -0.4 is 14.8 Å². The Morgan fingerprint density at radius 2 is 1.85 bits per heavy atom. The predicted octanol–water partition coefficient (Wildman–Crippen LogP) is 4.83. The molecule has 26 heavy (non-hydrogen) atoms. The molecule has 3 aromatic rings. The summed E-state index contributed by atoms with van der Waals surface area (Å²) in [5, 5.41) is 5.58. The van der Waals surface area contributed by atoms with E-state index in [1.54, 1.807) is 12.1 Å². The second-order valence-corrected chi connectivity index (χ2v) is 6.19. The Balaban J connectivity index is 1.75. The second-order valence-electron chi connectivity index (χ2n) is 5.79. The Morgan fingerprint density at radius 1 is 1.08 bits per heavy atom. The van der Waals surface area contributed by atoms with Crippen LogP contribution in [0.15, 0.2) is 54.6 Å². The Morgan fingerprint density at radius 3 is 2.58 bits per heavy atom. The minimum absolute atomic E-state index is 0.221. The molecule has 0 fully saturated rings. The number of methoxy groups -OCH3 is 1. The molecule has 0 spiro atoms. The highest BCUT2D eigenvalue weighted by Crippen LogP contribution is 2.36. The number of rotatable bonds is 6. The van der Waals surface area contributed by atoms with Crippen LogP contribution in [0.25, 0.3) is 10.8 Å². The van der Waals surface area contributed by atoms with E-state index in [4.69, 9.17) is 21.1 Å². The summed E-state index contributed by atoms with van der Waals surface area (Å²) in [5.41, 5.74) is 1.46. The number of halogens is 1. The molecule has 0 aromatic heterocycles. The summed E-state index contributed by atoms with van der Waals surface area (Å²) in [5.74, 6) is 0.666. The van der Waals surface area contributed by atoms with E-state index in [9.17, 15) is 4.79 Å². The molecule has 3 aromatic carbocycles. The van der Waals surface area contributed by atoms with Gasteiger partial charge in [-0.05, 0) is 41.5 Å². The van der Waals surface area contributed by atoms with Gasteiger partial charge in [0.05, 0.1) is 18.7 Å². The monoisotopic (exact) mass is 369 g/mol. The summed E-state index contributed by atoms with van der Waals surface area (Å²) in [4.78, 5) is 12.5. The van der Waals surface area contributed by atoms with Gasteiger partial charge in [-0.15, -0.1) is 0 Å². The van der Waals surface area contributed by atoms with Gasteiger partial charge in [0.1, 0.15) is 0 Å². The van der Waals surface area contributed by atoms with E-state index in [1.165, 1.54) is 12.5 Å². The van der Waals surface area contributed by atoms with E-state index >= 15 is 0 Å². The maximum Gasteiger partial charge on any atom is 0.251 e.